The van der Waals surface area contributed by atoms with Crippen molar-refractivity contribution in [3.8, 4) is 0 Å². The molecular weight excluding hydrogens is 258 g/mol. The van der Waals surface area contributed by atoms with Gasteiger partial charge in [0.25, 0.3) is 0 Å². The number of carbonyl (C=O) groups is 2. The van der Waals surface area contributed by atoms with E-state index >= 15 is 0 Å². The molecule has 1 aromatic rings. The van der Waals surface area contributed by atoms with E-state index in [1.807, 2.05) is 6.92 Å². The Bertz CT molecular complexity index is 459. The van der Waals surface area contributed by atoms with Crippen LogP contribution in [-0.2, 0) is 9.47 Å². The van der Waals surface area contributed by atoms with Crippen LogP contribution in [0.4, 0.5) is 0 Å². The molecule has 0 bridgehead atoms. The number of esters is 2. The van der Waals surface area contributed by atoms with Crippen molar-refractivity contribution >= 4 is 11.9 Å². The Morgan fingerprint density at radius 2 is 1.75 bits per heavy atom. The van der Waals surface area contributed by atoms with Crippen LogP contribution in [0.1, 0.15) is 54.6 Å². The molecule has 0 aromatic carbocycles. The smallest absolute Gasteiger partial charge is 0.356 e. The van der Waals surface area contributed by atoms with Gasteiger partial charge in [-0.15, -0.1) is 0 Å². The van der Waals surface area contributed by atoms with Crippen LogP contribution in [0, 0.1) is 5.92 Å². The van der Waals surface area contributed by atoms with Crippen molar-refractivity contribution in [1.82, 2.24) is 4.98 Å². The zero-order chi connectivity index (χ0) is 15.0. The summed E-state index contributed by atoms with van der Waals surface area (Å²) in [4.78, 5) is 27.3. The van der Waals surface area contributed by atoms with Crippen LogP contribution in [0.5, 0.6) is 0 Å². The Balaban J connectivity index is 2.64. The normalized spacial score (nSPS) is 11.8. The molecule has 0 aliphatic rings. The van der Waals surface area contributed by atoms with Gasteiger partial charge in [0.15, 0.2) is 0 Å². The molecule has 1 aromatic heterocycles. The fraction of sp³-hybridized carbons (Fsp3) is 0.533. The molecule has 1 heterocycles. The molecule has 0 aliphatic carbocycles. The van der Waals surface area contributed by atoms with Gasteiger partial charge in [-0.3, -0.25) is 0 Å². The first-order valence-corrected chi connectivity index (χ1v) is 6.89. The summed E-state index contributed by atoms with van der Waals surface area (Å²) in [5.74, 6) is -0.738. The maximum atomic E-state index is 11.8. The lowest BCUT2D eigenvalue weighted by atomic mass is 10.1. The second kappa shape index (κ2) is 8.30. The van der Waals surface area contributed by atoms with E-state index in [0.717, 1.165) is 12.8 Å². The van der Waals surface area contributed by atoms with Gasteiger partial charge in [0, 0.05) is 0 Å². The summed E-state index contributed by atoms with van der Waals surface area (Å²) in [7, 11) is 0. The molecule has 1 atom stereocenters. The maximum absolute atomic E-state index is 11.8. The van der Waals surface area contributed by atoms with Crippen molar-refractivity contribution < 1.29 is 19.1 Å². The van der Waals surface area contributed by atoms with Gasteiger partial charge in [0.2, 0.25) is 0 Å². The van der Waals surface area contributed by atoms with Crippen molar-refractivity contribution in [2.75, 3.05) is 13.2 Å². The minimum Gasteiger partial charge on any atom is -0.461 e. The van der Waals surface area contributed by atoms with Crippen LogP contribution in [-0.4, -0.2) is 30.1 Å². The molecule has 0 aliphatic heterocycles. The second-order valence-electron chi connectivity index (χ2n) is 4.62. The number of pyridine rings is 1. The SMILES string of the molecule is CCCC(C)COC(=O)c1cccc(C(=O)OCC)n1. The average Bonchev–Trinajstić information content (AvgIpc) is 2.45. The lowest BCUT2D eigenvalue weighted by Gasteiger charge is -2.10. The zero-order valence-electron chi connectivity index (χ0n) is 12.2. The Hall–Kier alpha value is -1.91. The third kappa shape index (κ3) is 4.99. The van der Waals surface area contributed by atoms with E-state index in [9.17, 15) is 9.59 Å². The number of hydrogen-bond acceptors (Lipinski definition) is 5. The molecule has 20 heavy (non-hydrogen) atoms. The first kappa shape index (κ1) is 16.1. The lowest BCUT2D eigenvalue weighted by molar-refractivity contribution is 0.0436. The van der Waals surface area contributed by atoms with Crippen LogP contribution in [0.2, 0.25) is 0 Å². The van der Waals surface area contributed by atoms with Gasteiger partial charge in [0.1, 0.15) is 11.4 Å². The molecule has 5 nitrogen and oxygen atoms in total. The first-order chi connectivity index (χ1) is 9.58. The highest BCUT2D eigenvalue weighted by Crippen LogP contribution is 2.08. The predicted octanol–water partition coefficient (Wildman–Crippen LogP) is 2.85. The number of aromatic nitrogens is 1. The molecule has 110 valence electrons. The molecule has 0 fully saturated rings. The molecule has 1 unspecified atom stereocenters. The number of carbonyl (C=O) groups excluding carboxylic acids is 2. The summed E-state index contributed by atoms with van der Waals surface area (Å²) >= 11 is 0. The Labute approximate surface area is 119 Å². The van der Waals surface area contributed by atoms with E-state index < -0.39 is 11.9 Å². The van der Waals surface area contributed by atoms with E-state index in [2.05, 4.69) is 11.9 Å². The molecule has 0 N–H and O–H groups in total. The topological polar surface area (TPSA) is 65.5 Å². The molecular formula is C15H21NO4. The van der Waals surface area contributed by atoms with E-state index in [0.29, 0.717) is 12.5 Å². The first-order valence-electron chi connectivity index (χ1n) is 6.89. The standard InChI is InChI=1S/C15H21NO4/c1-4-7-11(3)10-20-15(18)13-9-6-8-12(16-13)14(17)19-5-2/h6,8-9,11H,4-5,7,10H2,1-3H3. The average molecular weight is 279 g/mol. The van der Waals surface area contributed by atoms with Gasteiger partial charge in [-0.2, -0.15) is 0 Å². The highest BCUT2D eigenvalue weighted by Gasteiger charge is 2.14. The Morgan fingerprint density at radius 1 is 1.15 bits per heavy atom. The van der Waals surface area contributed by atoms with Crippen LogP contribution in [0.3, 0.4) is 0 Å². The predicted molar refractivity (Wildman–Crippen MR) is 74.5 cm³/mol. The molecule has 0 radical (unpaired) electrons. The van der Waals surface area contributed by atoms with E-state index in [-0.39, 0.29) is 18.0 Å². The third-order valence-electron chi connectivity index (χ3n) is 2.72. The molecule has 0 saturated heterocycles. The summed E-state index contributed by atoms with van der Waals surface area (Å²) in [6.45, 7) is 6.45. The van der Waals surface area contributed by atoms with Crippen LogP contribution < -0.4 is 0 Å². The fourth-order valence-electron chi connectivity index (χ4n) is 1.74. The van der Waals surface area contributed by atoms with Crippen LogP contribution in [0.15, 0.2) is 18.2 Å². The van der Waals surface area contributed by atoms with Gasteiger partial charge in [-0.25, -0.2) is 14.6 Å². The summed E-state index contributed by atoms with van der Waals surface area (Å²) in [5, 5.41) is 0. The van der Waals surface area contributed by atoms with Gasteiger partial charge < -0.3 is 9.47 Å². The number of rotatable bonds is 7. The molecule has 0 amide bonds. The Kier molecular flexibility index (Phi) is 6.70. The zero-order valence-corrected chi connectivity index (χ0v) is 12.2. The highest BCUT2D eigenvalue weighted by molar-refractivity contribution is 5.91. The second-order valence-corrected chi connectivity index (χ2v) is 4.62. The van der Waals surface area contributed by atoms with E-state index in [1.54, 1.807) is 13.0 Å². The number of hydrogen-bond donors (Lipinski definition) is 0. The summed E-state index contributed by atoms with van der Waals surface area (Å²) in [5.41, 5.74) is 0.238. The largest absolute Gasteiger partial charge is 0.461 e. The summed E-state index contributed by atoms with van der Waals surface area (Å²) < 4.78 is 10.0. The monoisotopic (exact) mass is 279 g/mol. The highest BCUT2D eigenvalue weighted by atomic mass is 16.5. The van der Waals surface area contributed by atoms with Crippen LogP contribution >= 0.6 is 0 Å². The quantitative estimate of drug-likeness (QED) is 0.718. The fourth-order valence-corrected chi connectivity index (χ4v) is 1.74. The van der Waals surface area contributed by atoms with Crippen molar-refractivity contribution in [3.63, 3.8) is 0 Å². The van der Waals surface area contributed by atoms with Crippen molar-refractivity contribution in [1.29, 1.82) is 0 Å². The maximum Gasteiger partial charge on any atom is 0.356 e. The minimum absolute atomic E-state index is 0.114. The van der Waals surface area contributed by atoms with Gasteiger partial charge >= 0.3 is 11.9 Å². The molecule has 0 spiro atoms. The van der Waals surface area contributed by atoms with Crippen molar-refractivity contribution in [2.24, 2.45) is 5.92 Å². The molecule has 5 heteroatoms. The number of nitrogens with zero attached hydrogens (tertiary/aromatic N) is 1. The van der Waals surface area contributed by atoms with Crippen molar-refractivity contribution in [3.05, 3.63) is 29.6 Å². The molecule has 1 rings (SSSR count). The van der Waals surface area contributed by atoms with Gasteiger partial charge in [-0.05, 0) is 31.4 Å². The van der Waals surface area contributed by atoms with Crippen molar-refractivity contribution in [2.45, 2.75) is 33.6 Å². The third-order valence-corrected chi connectivity index (χ3v) is 2.72. The van der Waals surface area contributed by atoms with E-state index in [1.165, 1.54) is 12.1 Å². The molecule has 0 saturated carbocycles. The minimum atomic E-state index is -0.540. The summed E-state index contributed by atoms with van der Waals surface area (Å²) in [6, 6.07) is 4.62. The van der Waals surface area contributed by atoms with Crippen LogP contribution in [0.25, 0.3) is 0 Å². The lowest BCUT2D eigenvalue weighted by Crippen LogP contribution is -2.15. The van der Waals surface area contributed by atoms with Gasteiger partial charge in [0.05, 0.1) is 13.2 Å². The van der Waals surface area contributed by atoms with E-state index in [4.69, 9.17) is 9.47 Å². The van der Waals surface area contributed by atoms with Gasteiger partial charge in [-0.1, -0.05) is 26.3 Å². The number of ether oxygens (including phenoxy) is 2. The Morgan fingerprint density at radius 3 is 2.30 bits per heavy atom. The summed E-state index contributed by atoms with van der Waals surface area (Å²) in [6.07, 6.45) is 2.05.